The predicted molar refractivity (Wildman–Crippen MR) is 98.3 cm³/mol. The van der Waals surface area contributed by atoms with Crippen LogP contribution in [0.1, 0.15) is 29.9 Å². The zero-order valence-electron chi connectivity index (χ0n) is 11.8. The van der Waals surface area contributed by atoms with Gasteiger partial charge in [0.1, 0.15) is 0 Å². The number of aryl methyl sites for hydroxylation is 2. The molecular formula is C14H17BrClIN4. The average Bonchev–Trinajstić information content (AvgIpc) is 2.74. The van der Waals surface area contributed by atoms with Gasteiger partial charge in [-0.3, -0.25) is 16.0 Å². The van der Waals surface area contributed by atoms with Crippen LogP contribution in [0.4, 0.5) is 0 Å². The van der Waals surface area contributed by atoms with Crippen molar-refractivity contribution in [3.8, 4) is 0 Å². The van der Waals surface area contributed by atoms with Gasteiger partial charge in [0.2, 0.25) is 0 Å². The van der Waals surface area contributed by atoms with Crippen LogP contribution < -0.4 is 11.3 Å². The van der Waals surface area contributed by atoms with Crippen molar-refractivity contribution in [3.63, 3.8) is 0 Å². The van der Waals surface area contributed by atoms with E-state index in [1.807, 2.05) is 17.7 Å². The van der Waals surface area contributed by atoms with Gasteiger partial charge in [-0.2, -0.15) is 5.10 Å². The van der Waals surface area contributed by atoms with Gasteiger partial charge in [0.25, 0.3) is 0 Å². The van der Waals surface area contributed by atoms with Crippen molar-refractivity contribution in [1.82, 2.24) is 15.2 Å². The third-order valence-electron chi connectivity index (χ3n) is 3.38. The van der Waals surface area contributed by atoms with E-state index in [4.69, 9.17) is 17.4 Å². The fourth-order valence-corrected chi connectivity index (χ4v) is 3.55. The summed E-state index contributed by atoms with van der Waals surface area (Å²) >= 11 is 12.3. The van der Waals surface area contributed by atoms with Gasteiger partial charge in [0, 0.05) is 21.0 Å². The molecule has 3 N–H and O–H groups in total. The van der Waals surface area contributed by atoms with Gasteiger partial charge < -0.3 is 0 Å². The van der Waals surface area contributed by atoms with E-state index in [1.54, 1.807) is 0 Å². The van der Waals surface area contributed by atoms with E-state index >= 15 is 0 Å². The van der Waals surface area contributed by atoms with Gasteiger partial charge in [-0.1, -0.05) is 27.5 Å². The van der Waals surface area contributed by atoms with Crippen LogP contribution in [0.5, 0.6) is 0 Å². The first-order valence-electron chi connectivity index (χ1n) is 6.60. The number of halogens is 3. The van der Waals surface area contributed by atoms with Crippen LogP contribution >= 0.6 is 50.1 Å². The van der Waals surface area contributed by atoms with E-state index in [0.29, 0.717) is 6.42 Å². The number of hydrazine groups is 1. The minimum Gasteiger partial charge on any atom is -0.271 e. The van der Waals surface area contributed by atoms with Crippen molar-refractivity contribution < 1.29 is 0 Å². The second kappa shape index (κ2) is 7.41. The van der Waals surface area contributed by atoms with E-state index in [9.17, 15) is 0 Å². The highest BCUT2D eigenvalue weighted by Gasteiger charge is 2.20. The molecule has 0 aliphatic heterocycles. The Hall–Kier alpha value is -0.150. The van der Waals surface area contributed by atoms with Crippen LogP contribution in [0.2, 0.25) is 5.02 Å². The maximum atomic E-state index is 6.39. The van der Waals surface area contributed by atoms with Crippen LogP contribution in [0.25, 0.3) is 0 Å². The third-order valence-corrected chi connectivity index (χ3v) is 5.27. The van der Waals surface area contributed by atoms with Crippen molar-refractivity contribution in [2.24, 2.45) is 5.84 Å². The SMILES string of the molecule is CCn1nc(C)c(Cl)c1CC(NN)c1cc(I)ccc1Br. The number of nitrogens with two attached hydrogens (primary N) is 1. The molecule has 0 aliphatic carbocycles. The van der Waals surface area contributed by atoms with Crippen molar-refractivity contribution >= 4 is 50.1 Å². The first-order chi connectivity index (χ1) is 9.97. The topological polar surface area (TPSA) is 55.9 Å². The molecule has 0 saturated heterocycles. The Morgan fingerprint density at radius 2 is 2.24 bits per heavy atom. The Morgan fingerprint density at radius 1 is 1.52 bits per heavy atom. The van der Waals surface area contributed by atoms with Gasteiger partial charge in [-0.05, 0) is 60.2 Å². The summed E-state index contributed by atoms with van der Waals surface area (Å²) in [6, 6.07) is 6.16. The predicted octanol–water partition coefficient (Wildman–Crippen LogP) is 3.98. The van der Waals surface area contributed by atoms with Gasteiger partial charge in [0.05, 0.1) is 22.5 Å². The lowest BCUT2D eigenvalue weighted by Gasteiger charge is -2.19. The molecule has 1 unspecified atom stereocenters. The lowest BCUT2D eigenvalue weighted by molar-refractivity contribution is 0.515. The zero-order chi connectivity index (χ0) is 15.6. The highest BCUT2D eigenvalue weighted by molar-refractivity contribution is 14.1. The molecule has 0 bridgehead atoms. The second-order valence-electron chi connectivity index (χ2n) is 4.75. The molecule has 114 valence electrons. The Balaban J connectivity index is 2.38. The fourth-order valence-electron chi connectivity index (χ4n) is 2.30. The van der Waals surface area contributed by atoms with Gasteiger partial charge >= 0.3 is 0 Å². The largest absolute Gasteiger partial charge is 0.271 e. The molecule has 1 aromatic carbocycles. The summed E-state index contributed by atoms with van der Waals surface area (Å²) in [6.07, 6.45) is 0.683. The molecular weight excluding hydrogens is 466 g/mol. The molecule has 4 nitrogen and oxygen atoms in total. The fraction of sp³-hybridized carbons (Fsp3) is 0.357. The summed E-state index contributed by atoms with van der Waals surface area (Å²) in [7, 11) is 0. The third kappa shape index (κ3) is 3.79. The molecule has 0 amide bonds. The molecule has 2 aromatic rings. The molecule has 21 heavy (non-hydrogen) atoms. The quantitative estimate of drug-likeness (QED) is 0.384. The van der Waals surface area contributed by atoms with E-state index in [2.05, 4.69) is 68.1 Å². The number of nitrogens with one attached hydrogen (secondary N) is 1. The van der Waals surface area contributed by atoms with Crippen molar-refractivity contribution in [2.45, 2.75) is 32.9 Å². The van der Waals surface area contributed by atoms with Gasteiger partial charge in [-0.15, -0.1) is 0 Å². The zero-order valence-corrected chi connectivity index (χ0v) is 16.3. The molecule has 1 atom stereocenters. The van der Waals surface area contributed by atoms with Crippen LogP contribution in [0.3, 0.4) is 0 Å². The molecule has 1 heterocycles. The molecule has 2 rings (SSSR count). The Bertz CT molecular complexity index is 644. The lowest BCUT2D eigenvalue weighted by Crippen LogP contribution is -2.30. The number of hydrogen-bond donors (Lipinski definition) is 2. The van der Waals surface area contributed by atoms with Crippen molar-refractivity contribution in [1.29, 1.82) is 0 Å². The van der Waals surface area contributed by atoms with Gasteiger partial charge in [-0.25, -0.2) is 0 Å². The number of aromatic nitrogens is 2. The molecule has 0 spiro atoms. The first kappa shape index (κ1) is 17.2. The molecule has 1 aromatic heterocycles. The van der Waals surface area contributed by atoms with Crippen LogP contribution in [-0.2, 0) is 13.0 Å². The van der Waals surface area contributed by atoms with Crippen LogP contribution in [-0.4, -0.2) is 9.78 Å². The summed E-state index contributed by atoms with van der Waals surface area (Å²) in [4.78, 5) is 0. The summed E-state index contributed by atoms with van der Waals surface area (Å²) in [5.74, 6) is 5.77. The normalized spacial score (nSPS) is 12.7. The Labute approximate surface area is 151 Å². The van der Waals surface area contributed by atoms with Crippen molar-refractivity contribution in [2.75, 3.05) is 0 Å². The van der Waals surface area contributed by atoms with E-state index < -0.39 is 0 Å². The second-order valence-corrected chi connectivity index (χ2v) is 7.23. The molecule has 7 heteroatoms. The minimum absolute atomic E-state index is 0.0343. The van der Waals surface area contributed by atoms with Gasteiger partial charge in [0.15, 0.2) is 0 Å². The number of hydrogen-bond acceptors (Lipinski definition) is 3. The highest BCUT2D eigenvalue weighted by atomic mass is 127. The average molecular weight is 484 g/mol. The van der Waals surface area contributed by atoms with Crippen molar-refractivity contribution in [3.05, 3.63) is 48.2 Å². The molecule has 0 saturated carbocycles. The number of benzene rings is 1. The van der Waals surface area contributed by atoms with Crippen LogP contribution in [0, 0.1) is 10.5 Å². The lowest BCUT2D eigenvalue weighted by atomic mass is 10.0. The monoisotopic (exact) mass is 482 g/mol. The Morgan fingerprint density at radius 3 is 2.86 bits per heavy atom. The van der Waals surface area contributed by atoms with Crippen LogP contribution in [0.15, 0.2) is 22.7 Å². The van der Waals surface area contributed by atoms with E-state index in [0.717, 1.165) is 36.6 Å². The maximum Gasteiger partial charge on any atom is 0.0847 e. The molecule has 0 fully saturated rings. The van der Waals surface area contributed by atoms with E-state index in [-0.39, 0.29) is 6.04 Å². The summed E-state index contributed by atoms with van der Waals surface area (Å²) in [5.41, 5.74) is 5.86. The number of rotatable bonds is 5. The highest BCUT2D eigenvalue weighted by Crippen LogP contribution is 2.30. The maximum absolute atomic E-state index is 6.39. The number of nitrogens with zero attached hydrogens (tertiary/aromatic N) is 2. The molecule has 0 radical (unpaired) electrons. The standard InChI is InChI=1S/C14H17BrClIN4/c1-3-21-13(14(16)8(2)20-21)7-12(19-18)10-6-9(17)4-5-11(10)15/h4-6,12,19H,3,7,18H2,1-2H3. The Kier molecular flexibility index (Phi) is 6.07. The minimum atomic E-state index is -0.0343. The van der Waals surface area contributed by atoms with E-state index in [1.165, 1.54) is 0 Å². The first-order valence-corrected chi connectivity index (χ1v) is 8.85. The summed E-state index contributed by atoms with van der Waals surface area (Å²) < 4.78 is 4.13. The smallest absolute Gasteiger partial charge is 0.0847 e. The molecule has 0 aliphatic rings. The summed E-state index contributed by atoms with van der Waals surface area (Å²) in [5, 5.41) is 5.17. The summed E-state index contributed by atoms with van der Waals surface area (Å²) in [6.45, 7) is 4.76.